The molecule has 1 aliphatic heterocycles. The molecule has 1 aromatic rings. The summed E-state index contributed by atoms with van der Waals surface area (Å²) in [6.07, 6.45) is 1.82. The second-order valence-electron chi connectivity index (χ2n) is 5.87. The molecule has 0 spiro atoms. The van der Waals surface area contributed by atoms with Crippen LogP contribution in [-0.4, -0.2) is 47.6 Å². The molecule has 8 heteroatoms. The number of carbonyl (C=O) groups is 1. The number of β-amino-alcohol motifs (C(OH)–C–C–N with tert-alkyl or cyclic N) is 1. The van der Waals surface area contributed by atoms with Gasteiger partial charge in [-0.2, -0.15) is 4.31 Å². The Morgan fingerprint density at radius 3 is 2.33 bits per heavy atom. The zero-order valence-corrected chi connectivity index (χ0v) is 12.6. The normalized spacial score (nSPS) is 22.0. The minimum absolute atomic E-state index is 0.0166. The Morgan fingerprint density at radius 1 is 1.29 bits per heavy atom. The van der Waals surface area contributed by atoms with Crippen molar-refractivity contribution in [1.82, 2.24) is 4.31 Å². The van der Waals surface area contributed by atoms with E-state index in [1.165, 1.54) is 13.8 Å². The maximum atomic E-state index is 12.6. The lowest BCUT2D eigenvalue weighted by Gasteiger charge is -2.45. The molecule has 1 saturated heterocycles. The number of hydrogen-bond donors (Lipinski definition) is 2. The van der Waals surface area contributed by atoms with Crippen LogP contribution in [0.3, 0.4) is 0 Å². The van der Waals surface area contributed by atoms with E-state index in [0.717, 1.165) is 17.1 Å². The molecule has 1 saturated carbocycles. The van der Waals surface area contributed by atoms with E-state index in [2.05, 4.69) is 0 Å². The van der Waals surface area contributed by atoms with E-state index in [9.17, 15) is 23.4 Å². The average Bonchev–Trinajstić information content (AvgIpc) is 3.10. The molecular formula is C13H17NO6S. The Bertz CT molecular complexity index is 709. The highest BCUT2D eigenvalue weighted by Crippen LogP contribution is 2.46. The molecule has 2 fully saturated rings. The van der Waals surface area contributed by atoms with Gasteiger partial charge in [-0.1, -0.05) is 0 Å². The molecule has 1 aromatic heterocycles. The van der Waals surface area contributed by atoms with Gasteiger partial charge in [0.25, 0.3) is 0 Å². The summed E-state index contributed by atoms with van der Waals surface area (Å²) in [6, 6.07) is 0. The average molecular weight is 315 g/mol. The molecule has 2 N–H and O–H groups in total. The van der Waals surface area contributed by atoms with Crippen molar-refractivity contribution in [3.8, 4) is 0 Å². The number of aryl methyl sites for hydroxylation is 2. The third-order valence-electron chi connectivity index (χ3n) is 4.25. The Labute approximate surface area is 122 Å². The van der Waals surface area contributed by atoms with Crippen molar-refractivity contribution in [3.05, 3.63) is 17.1 Å². The number of carboxylic acid groups (broad SMARTS) is 1. The Morgan fingerprint density at radius 2 is 1.86 bits per heavy atom. The first-order valence-electron chi connectivity index (χ1n) is 6.72. The lowest BCUT2D eigenvalue weighted by Crippen LogP contribution is -2.64. The minimum Gasteiger partial charge on any atom is -0.478 e. The molecule has 3 rings (SSSR count). The first-order chi connectivity index (χ1) is 9.67. The lowest BCUT2D eigenvalue weighted by atomic mass is 9.91. The third kappa shape index (κ3) is 2.09. The highest BCUT2D eigenvalue weighted by atomic mass is 32.2. The molecule has 0 radical (unpaired) electrons. The third-order valence-corrected chi connectivity index (χ3v) is 6.20. The quantitative estimate of drug-likeness (QED) is 0.848. The largest absolute Gasteiger partial charge is 0.478 e. The number of rotatable bonds is 4. The van der Waals surface area contributed by atoms with Crippen LogP contribution in [0.5, 0.6) is 0 Å². The van der Waals surface area contributed by atoms with Gasteiger partial charge in [0.2, 0.25) is 10.0 Å². The molecule has 21 heavy (non-hydrogen) atoms. The van der Waals surface area contributed by atoms with Gasteiger partial charge in [-0.3, -0.25) is 0 Å². The second-order valence-corrected chi connectivity index (χ2v) is 7.75. The topological polar surface area (TPSA) is 108 Å². The summed E-state index contributed by atoms with van der Waals surface area (Å²) in [7, 11) is -3.97. The van der Waals surface area contributed by atoms with E-state index >= 15 is 0 Å². The van der Waals surface area contributed by atoms with Gasteiger partial charge in [0.15, 0.2) is 0 Å². The van der Waals surface area contributed by atoms with Crippen LogP contribution in [0.2, 0.25) is 0 Å². The Hall–Kier alpha value is -1.38. The molecule has 7 nitrogen and oxygen atoms in total. The van der Waals surface area contributed by atoms with Crippen LogP contribution in [0.15, 0.2) is 9.31 Å². The molecule has 0 aromatic carbocycles. The smallest absolute Gasteiger partial charge is 0.340 e. The predicted molar refractivity (Wildman–Crippen MR) is 71.6 cm³/mol. The van der Waals surface area contributed by atoms with Crippen molar-refractivity contribution in [2.75, 3.05) is 13.1 Å². The van der Waals surface area contributed by atoms with E-state index in [-0.39, 0.29) is 41.0 Å². The van der Waals surface area contributed by atoms with E-state index in [0.29, 0.717) is 0 Å². The Kier molecular flexibility index (Phi) is 2.99. The first-order valence-corrected chi connectivity index (χ1v) is 8.16. The molecule has 0 atom stereocenters. The van der Waals surface area contributed by atoms with Gasteiger partial charge in [0.05, 0.1) is 5.60 Å². The summed E-state index contributed by atoms with van der Waals surface area (Å²) in [5.74, 6) is -1.04. The van der Waals surface area contributed by atoms with E-state index in [4.69, 9.17) is 4.42 Å². The molecule has 2 aliphatic rings. The van der Waals surface area contributed by atoms with Gasteiger partial charge in [-0.05, 0) is 32.6 Å². The van der Waals surface area contributed by atoms with Crippen LogP contribution in [-0.2, 0) is 10.0 Å². The molecule has 0 amide bonds. The first kappa shape index (κ1) is 14.6. The van der Waals surface area contributed by atoms with Gasteiger partial charge < -0.3 is 14.6 Å². The number of hydrogen-bond acceptors (Lipinski definition) is 5. The standard InChI is InChI=1S/C13H17NO6S/c1-7-10(12(15)16)11(8(2)20-7)21(18,19)14-5-13(17,6-14)9-3-4-9/h9,17H,3-6H2,1-2H3,(H,15,16). The molecular weight excluding hydrogens is 298 g/mol. The van der Waals surface area contributed by atoms with Crippen LogP contribution >= 0.6 is 0 Å². The van der Waals surface area contributed by atoms with Crippen molar-refractivity contribution in [2.45, 2.75) is 37.2 Å². The molecule has 116 valence electrons. The van der Waals surface area contributed by atoms with Gasteiger partial charge in [0, 0.05) is 13.1 Å². The number of aliphatic hydroxyl groups is 1. The number of furan rings is 1. The summed E-state index contributed by atoms with van der Waals surface area (Å²) < 4.78 is 31.5. The number of sulfonamides is 1. The Balaban J connectivity index is 1.95. The van der Waals surface area contributed by atoms with E-state index in [1.54, 1.807) is 0 Å². The highest BCUT2D eigenvalue weighted by Gasteiger charge is 2.56. The minimum atomic E-state index is -3.97. The van der Waals surface area contributed by atoms with E-state index in [1.807, 2.05) is 0 Å². The highest BCUT2D eigenvalue weighted by molar-refractivity contribution is 7.89. The molecule has 0 unspecified atom stereocenters. The van der Waals surface area contributed by atoms with Crippen LogP contribution in [0.4, 0.5) is 0 Å². The SMILES string of the molecule is Cc1oc(C)c(S(=O)(=O)N2CC(O)(C3CC3)C2)c1C(=O)O. The maximum Gasteiger partial charge on any atom is 0.340 e. The number of carboxylic acids is 1. The maximum absolute atomic E-state index is 12.6. The number of nitrogens with zero attached hydrogens (tertiary/aromatic N) is 1. The monoisotopic (exact) mass is 315 g/mol. The fraction of sp³-hybridized carbons (Fsp3) is 0.615. The van der Waals surface area contributed by atoms with Crippen molar-refractivity contribution in [3.63, 3.8) is 0 Å². The zero-order valence-electron chi connectivity index (χ0n) is 11.8. The van der Waals surface area contributed by atoms with Crippen molar-refractivity contribution in [2.24, 2.45) is 5.92 Å². The fourth-order valence-electron chi connectivity index (χ4n) is 2.96. The van der Waals surface area contributed by atoms with Gasteiger partial charge in [-0.25, -0.2) is 13.2 Å². The molecule has 0 bridgehead atoms. The van der Waals surface area contributed by atoms with Crippen molar-refractivity contribution in [1.29, 1.82) is 0 Å². The predicted octanol–water partition coefficient (Wildman–Crippen LogP) is 0.740. The van der Waals surface area contributed by atoms with Crippen molar-refractivity contribution < 1.29 is 27.8 Å². The van der Waals surface area contributed by atoms with Crippen molar-refractivity contribution >= 4 is 16.0 Å². The molecule has 1 aliphatic carbocycles. The lowest BCUT2D eigenvalue weighted by molar-refractivity contribution is -0.0765. The van der Waals surface area contributed by atoms with Crippen LogP contribution in [0, 0.1) is 19.8 Å². The van der Waals surface area contributed by atoms with Gasteiger partial charge in [0.1, 0.15) is 22.0 Å². The summed E-state index contributed by atoms with van der Waals surface area (Å²) in [5, 5.41) is 19.4. The van der Waals surface area contributed by atoms with Gasteiger partial charge >= 0.3 is 5.97 Å². The van der Waals surface area contributed by atoms with E-state index < -0.39 is 21.6 Å². The summed E-state index contributed by atoms with van der Waals surface area (Å²) in [6.45, 7) is 2.89. The van der Waals surface area contributed by atoms with Crippen LogP contribution < -0.4 is 0 Å². The van der Waals surface area contributed by atoms with Gasteiger partial charge in [-0.15, -0.1) is 0 Å². The fourth-order valence-corrected chi connectivity index (χ4v) is 4.90. The second kappa shape index (κ2) is 4.31. The zero-order chi connectivity index (χ0) is 15.6. The van der Waals surface area contributed by atoms with Crippen LogP contribution in [0.25, 0.3) is 0 Å². The molecule has 2 heterocycles. The summed E-state index contributed by atoms with van der Waals surface area (Å²) in [4.78, 5) is 11.0. The summed E-state index contributed by atoms with van der Waals surface area (Å²) >= 11 is 0. The van der Waals surface area contributed by atoms with Crippen LogP contribution in [0.1, 0.15) is 34.7 Å². The number of aromatic carboxylic acids is 1. The summed E-state index contributed by atoms with van der Waals surface area (Å²) in [5.41, 5.74) is -1.28.